The van der Waals surface area contributed by atoms with E-state index >= 15 is 0 Å². The smallest absolute Gasteiger partial charge is 0.227 e. The van der Waals surface area contributed by atoms with Gasteiger partial charge in [0.05, 0.1) is 0 Å². The molecule has 0 unspecified atom stereocenters. The molecule has 106 valence electrons. The van der Waals surface area contributed by atoms with Crippen LogP contribution in [0, 0.1) is 5.92 Å². The summed E-state index contributed by atoms with van der Waals surface area (Å²) in [6.07, 6.45) is 4.25. The Morgan fingerprint density at radius 3 is 3.11 bits per heavy atom. The highest BCUT2D eigenvalue weighted by Crippen LogP contribution is 2.26. The number of nitrogens with one attached hydrogen (secondary N) is 1. The molecule has 1 amide bonds. The summed E-state index contributed by atoms with van der Waals surface area (Å²) >= 11 is 3.85. The van der Waals surface area contributed by atoms with Crippen molar-refractivity contribution in [3.63, 3.8) is 0 Å². The minimum atomic E-state index is 0.0798. The lowest BCUT2D eigenvalue weighted by molar-refractivity contribution is -0.116. The second-order valence-electron chi connectivity index (χ2n) is 5.12. The minimum Gasteiger partial charge on any atom is -0.317 e. The summed E-state index contributed by atoms with van der Waals surface area (Å²) in [5.74, 6) is 4.74. The highest BCUT2D eigenvalue weighted by Gasteiger charge is 2.18. The van der Waals surface area contributed by atoms with E-state index in [1.807, 2.05) is 34.3 Å². The summed E-state index contributed by atoms with van der Waals surface area (Å²) in [5.41, 5.74) is 0. The van der Waals surface area contributed by atoms with Gasteiger partial charge in [-0.25, -0.2) is 4.98 Å². The topological polar surface area (TPSA) is 46.9 Å². The molecule has 1 aromatic heterocycles. The molecule has 1 N–H and O–H groups in total. The minimum absolute atomic E-state index is 0.0798. The molecule has 1 aromatic rings. The van der Waals surface area contributed by atoms with Crippen molar-refractivity contribution < 1.29 is 4.79 Å². The van der Waals surface area contributed by atoms with Gasteiger partial charge in [0.15, 0.2) is 0 Å². The van der Waals surface area contributed by atoms with E-state index in [0.29, 0.717) is 23.5 Å². The van der Waals surface area contributed by atoms with Gasteiger partial charge >= 0.3 is 0 Å². The van der Waals surface area contributed by atoms with E-state index in [0.717, 1.165) is 18.1 Å². The highest BCUT2D eigenvalue weighted by molar-refractivity contribution is 8.06. The predicted octanol–water partition coefficient (Wildman–Crippen LogP) is 2.72. The van der Waals surface area contributed by atoms with Crippen molar-refractivity contribution in [2.24, 2.45) is 5.92 Å². The van der Waals surface area contributed by atoms with Gasteiger partial charge in [-0.2, -0.15) is 23.5 Å². The van der Waals surface area contributed by atoms with Crippen LogP contribution in [0.3, 0.4) is 0 Å². The quantitative estimate of drug-likeness (QED) is 0.908. The molecule has 1 aliphatic rings. The first-order valence-electron chi connectivity index (χ1n) is 6.65. The van der Waals surface area contributed by atoms with Crippen LogP contribution in [0.4, 0.5) is 5.95 Å². The Morgan fingerprint density at radius 2 is 2.42 bits per heavy atom. The number of carbonyl (C=O) groups is 1. The van der Waals surface area contributed by atoms with Gasteiger partial charge in [-0.1, -0.05) is 13.8 Å². The molecule has 2 rings (SSSR count). The monoisotopic (exact) mass is 299 g/mol. The molecule has 0 aromatic carbocycles. The van der Waals surface area contributed by atoms with Crippen molar-refractivity contribution in [3.05, 3.63) is 12.4 Å². The molecule has 0 radical (unpaired) electrons. The lowest BCUT2D eigenvalue weighted by atomic mass is 10.2. The number of thioether (sulfide) groups is 2. The Balaban J connectivity index is 1.86. The zero-order valence-corrected chi connectivity index (χ0v) is 13.1. The molecule has 0 bridgehead atoms. The van der Waals surface area contributed by atoms with Crippen LogP contribution in [-0.4, -0.2) is 38.0 Å². The number of carbonyl (C=O) groups excluding carboxylic acids is 1. The normalized spacial score (nSPS) is 19.6. The number of anilines is 1. The molecule has 4 nitrogen and oxygen atoms in total. The first-order valence-corrected chi connectivity index (χ1v) is 8.86. The summed E-state index contributed by atoms with van der Waals surface area (Å²) in [5, 5.41) is 3.38. The molecular weight excluding hydrogens is 278 g/mol. The maximum Gasteiger partial charge on any atom is 0.227 e. The van der Waals surface area contributed by atoms with Crippen molar-refractivity contribution in [1.82, 2.24) is 9.55 Å². The van der Waals surface area contributed by atoms with Gasteiger partial charge in [0.25, 0.3) is 0 Å². The van der Waals surface area contributed by atoms with E-state index in [4.69, 9.17) is 0 Å². The molecule has 1 atom stereocenters. The fourth-order valence-electron chi connectivity index (χ4n) is 2.01. The van der Waals surface area contributed by atoms with Gasteiger partial charge in [-0.3, -0.25) is 10.1 Å². The Kier molecular flexibility index (Phi) is 5.63. The fourth-order valence-corrected chi connectivity index (χ4v) is 4.69. The summed E-state index contributed by atoms with van der Waals surface area (Å²) in [4.78, 5) is 16.3. The molecule has 1 saturated heterocycles. The maximum absolute atomic E-state index is 12.0. The Bertz CT molecular complexity index is 414. The summed E-state index contributed by atoms with van der Waals surface area (Å²) in [7, 11) is 0. The van der Waals surface area contributed by atoms with Crippen molar-refractivity contribution in [3.8, 4) is 0 Å². The van der Waals surface area contributed by atoms with Gasteiger partial charge in [0.2, 0.25) is 11.9 Å². The molecule has 6 heteroatoms. The van der Waals surface area contributed by atoms with Crippen LogP contribution in [0.25, 0.3) is 0 Å². The number of amides is 1. The average molecular weight is 299 g/mol. The maximum atomic E-state index is 12.0. The second kappa shape index (κ2) is 7.24. The molecule has 1 aliphatic heterocycles. The van der Waals surface area contributed by atoms with Gasteiger partial charge < -0.3 is 4.57 Å². The van der Waals surface area contributed by atoms with Crippen LogP contribution < -0.4 is 5.32 Å². The van der Waals surface area contributed by atoms with Gasteiger partial charge in [0, 0.05) is 47.9 Å². The van der Waals surface area contributed by atoms with Gasteiger partial charge in [0.1, 0.15) is 0 Å². The first-order chi connectivity index (χ1) is 9.15. The van der Waals surface area contributed by atoms with E-state index in [-0.39, 0.29) is 5.91 Å². The van der Waals surface area contributed by atoms with E-state index < -0.39 is 0 Å². The third-order valence-electron chi connectivity index (χ3n) is 2.83. The standard InChI is InChI=1S/C13H21N3OS2/c1-10(2)8-16-4-3-14-13(16)15-12(17)7-11-9-18-5-6-19-11/h3-4,10-11H,5-9H2,1-2H3,(H,14,15,17)/t11-/m1/s1. The molecule has 2 heterocycles. The third-order valence-corrected chi connectivity index (χ3v) is 5.67. The molecule has 0 spiro atoms. The number of aromatic nitrogens is 2. The first kappa shape index (κ1) is 14.8. The van der Waals surface area contributed by atoms with Crippen LogP contribution in [-0.2, 0) is 11.3 Å². The molecule has 1 fully saturated rings. The van der Waals surface area contributed by atoms with Crippen LogP contribution in [0.1, 0.15) is 20.3 Å². The van der Waals surface area contributed by atoms with Crippen LogP contribution in [0.15, 0.2) is 12.4 Å². The van der Waals surface area contributed by atoms with Crippen molar-refractivity contribution >= 4 is 35.4 Å². The molecule has 19 heavy (non-hydrogen) atoms. The number of nitrogens with zero attached hydrogens (tertiary/aromatic N) is 2. The van der Waals surface area contributed by atoms with Gasteiger partial charge in [-0.05, 0) is 5.92 Å². The second-order valence-corrected chi connectivity index (χ2v) is 7.68. The SMILES string of the molecule is CC(C)Cn1ccnc1NC(=O)C[C@@H]1CSCCS1. The largest absolute Gasteiger partial charge is 0.317 e. The van der Waals surface area contributed by atoms with E-state index in [2.05, 4.69) is 24.1 Å². The van der Waals surface area contributed by atoms with E-state index in [1.165, 1.54) is 5.75 Å². The number of hydrogen-bond donors (Lipinski definition) is 1. The fraction of sp³-hybridized carbons (Fsp3) is 0.692. The zero-order valence-electron chi connectivity index (χ0n) is 11.5. The van der Waals surface area contributed by atoms with E-state index in [9.17, 15) is 4.79 Å². The Labute approximate surface area is 123 Å². The van der Waals surface area contributed by atoms with Crippen LogP contribution in [0.5, 0.6) is 0 Å². The Morgan fingerprint density at radius 1 is 1.58 bits per heavy atom. The number of rotatable bonds is 5. The Hall–Kier alpha value is -0.620. The molecule has 0 saturated carbocycles. The van der Waals surface area contributed by atoms with E-state index in [1.54, 1.807) is 6.20 Å². The average Bonchev–Trinajstić information content (AvgIpc) is 2.77. The zero-order chi connectivity index (χ0) is 13.7. The lowest BCUT2D eigenvalue weighted by Crippen LogP contribution is -2.24. The van der Waals surface area contributed by atoms with Crippen molar-refractivity contribution in [2.45, 2.75) is 32.1 Å². The molecular formula is C13H21N3OS2. The summed E-state index contributed by atoms with van der Waals surface area (Å²) in [6.45, 7) is 5.19. The van der Waals surface area contributed by atoms with Gasteiger partial charge in [-0.15, -0.1) is 0 Å². The number of hydrogen-bond acceptors (Lipinski definition) is 4. The molecule has 0 aliphatic carbocycles. The highest BCUT2D eigenvalue weighted by atomic mass is 32.2. The van der Waals surface area contributed by atoms with Crippen molar-refractivity contribution in [1.29, 1.82) is 0 Å². The summed E-state index contributed by atoms with van der Waals surface area (Å²) in [6, 6.07) is 0. The van der Waals surface area contributed by atoms with Crippen LogP contribution in [0.2, 0.25) is 0 Å². The van der Waals surface area contributed by atoms with Crippen LogP contribution >= 0.6 is 23.5 Å². The summed E-state index contributed by atoms with van der Waals surface area (Å²) < 4.78 is 2.01. The van der Waals surface area contributed by atoms with Crippen molar-refractivity contribution in [2.75, 3.05) is 22.6 Å². The lowest BCUT2D eigenvalue weighted by Gasteiger charge is -2.20. The number of imidazole rings is 1. The third kappa shape index (κ3) is 4.76. The predicted molar refractivity (Wildman–Crippen MR) is 83.9 cm³/mol.